The van der Waals surface area contributed by atoms with Gasteiger partial charge in [-0.05, 0) is 42.4 Å². The fraction of sp³-hybridized carbons (Fsp3) is 0.200. The molecule has 0 saturated carbocycles. The van der Waals surface area contributed by atoms with E-state index < -0.39 is 0 Å². The van der Waals surface area contributed by atoms with Crippen molar-refractivity contribution in [2.45, 2.75) is 6.36 Å². The Balaban J connectivity index is -0.000000111. The Morgan fingerprint density at radius 3 is 1.97 bits per heavy atom. The van der Waals surface area contributed by atoms with E-state index >= 15 is 0 Å². The molecule has 0 fully saturated rings. The number of aromatic nitrogens is 2. The SMILES string of the molecule is CNN.Clc1nc2ccccc2[nH]1.IC(I)I.ICI.S=C1Cc2ccccc2N1.[CH3-].[CH3-].[Y].[Y]. The van der Waals surface area contributed by atoms with Gasteiger partial charge in [0, 0.05) is 77.5 Å². The minimum Gasteiger partial charge on any atom is -0.358 e. The molecule has 1 aromatic heterocycles. The van der Waals surface area contributed by atoms with Gasteiger partial charge in [-0.1, -0.05) is 156 Å². The van der Waals surface area contributed by atoms with Crippen LogP contribution in [0.15, 0.2) is 48.5 Å². The first-order valence-corrected chi connectivity index (χ1v) is 15.8. The Morgan fingerprint density at radius 1 is 1.06 bits per heavy atom. The number of thiocarbonyl (C=S) groups is 1. The third-order valence-electron chi connectivity index (χ3n) is 3.00. The van der Waals surface area contributed by atoms with Crippen molar-refractivity contribution >= 4 is 158 Å². The van der Waals surface area contributed by atoms with E-state index in [9.17, 15) is 0 Å². The Hall–Kier alpha value is 3.87. The first-order valence-electron chi connectivity index (χ1n) is 8.18. The fourth-order valence-electron chi connectivity index (χ4n) is 2.09. The van der Waals surface area contributed by atoms with Crippen LogP contribution in [-0.2, 0) is 71.8 Å². The summed E-state index contributed by atoms with van der Waals surface area (Å²) in [4.78, 5) is 7.87. The van der Waals surface area contributed by atoms with Crippen LogP contribution < -0.4 is 16.6 Å². The van der Waals surface area contributed by atoms with Crippen molar-refractivity contribution in [3.05, 3.63) is 74.2 Å². The molecule has 14 heteroatoms. The molecule has 2 heterocycles. The molecule has 1 aliphatic heterocycles. The van der Waals surface area contributed by atoms with E-state index in [4.69, 9.17) is 23.8 Å². The van der Waals surface area contributed by atoms with Gasteiger partial charge in [-0.3, -0.25) is 11.3 Å². The molecule has 5 N–H and O–H groups in total. The third-order valence-corrected chi connectivity index (χ3v) is 3.43. The molecule has 3 aromatic rings. The number of nitrogens with two attached hydrogens (primary N) is 1. The summed E-state index contributed by atoms with van der Waals surface area (Å²) in [6, 6.07) is 15.9. The molecule has 0 amide bonds. The number of hydrazine groups is 1. The Labute approximate surface area is 333 Å². The van der Waals surface area contributed by atoms with Crippen LogP contribution in [0.25, 0.3) is 11.0 Å². The van der Waals surface area contributed by atoms with Crippen LogP contribution >= 0.6 is 137 Å². The molecule has 0 atom stereocenters. The van der Waals surface area contributed by atoms with Crippen molar-refractivity contribution in [2.24, 2.45) is 5.84 Å². The Morgan fingerprint density at radius 2 is 1.50 bits per heavy atom. The van der Waals surface area contributed by atoms with Crippen LogP contribution in [0, 0.1) is 14.9 Å². The zero-order valence-electron chi connectivity index (χ0n) is 19.0. The van der Waals surface area contributed by atoms with E-state index in [0.29, 0.717) is 5.28 Å². The van der Waals surface area contributed by atoms with Crippen molar-refractivity contribution in [3.63, 3.8) is 0 Å². The summed E-state index contributed by atoms with van der Waals surface area (Å²) < 4.78 is 1.93. The maximum atomic E-state index is 5.62. The molecular weight excluding hydrogens is 1190 g/mol. The number of fused-ring (bicyclic) bond motifs is 2. The van der Waals surface area contributed by atoms with Crippen LogP contribution in [0.2, 0.25) is 5.28 Å². The number of nitrogens with one attached hydrogen (secondary N) is 3. The van der Waals surface area contributed by atoms with Crippen molar-refractivity contribution in [1.82, 2.24) is 15.4 Å². The molecule has 2 radical (unpaired) electrons. The summed E-state index contributed by atoms with van der Waals surface area (Å²) in [7, 11) is 1.65. The maximum absolute atomic E-state index is 5.62. The fourth-order valence-corrected chi connectivity index (χ4v) is 2.54. The summed E-state index contributed by atoms with van der Waals surface area (Å²) in [6.45, 7) is 0. The van der Waals surface area contributed by atoms with Gasteiger partial charge in [-0.2, -0.15) is 0 Å². The number of hydrogen-bond acceptors (Lipinski definition) is 4. The molecule has 34 heavy (non-hydrogen) atoms. The summed E-state index contributed by atoms with van der Waals surface area (Å²) in [5.41, 5.74) is 6.62. The number of rotatable bonds is 0. The summed E-state index contributed by atoms with van der Waals surface area (Å²) in [5, 5.41) is 3.57. The number of benzene rings is 2. The van der Waals surface area contributed by atoms with Crippen molar-refractivity contribution < 1.29 is 65.4 Å². The van der Waals surface area contributed by atoms with E-state index in [1.165, 1.54) is 13.7 Å². The smallest absolute Gasteiger partial charge is 0.201 e. The molecule has 0 spiro atoms. The molecule has 188 valence electrons. The predicted molar refractivity (Wildman–Crippen MR) is 192 cm³/mol. The summed E-state index contributed by atoms with van der Waals surface area (Å²) in [5.74, 6) is 4.60. The predicted octanol–water partition coefficient (Wildman–Crippen LogP) is 8.56. The molecule has 0 aliphatic carbocycles. The Bertz CT molecular complexity index is 813. The Kier molecular flexibility index (Phi) is 44.0. The molecule has 5 nitrogen and oxygen atoms in total. The number of halogens is 6. The molecule has 2 aromatic carbocycles. The molecular formula is C20H27ClI5N5SY2-2. The quantitative estimate of drug-likeness (QED) is 0.0454. The minimum absolute atomic E-state index is 0. The van der Waals surface area contributed by atoms with Crippen LogP contribution in [0.5, 0.6) is 0 Å². The largest absolute Gasteiger partial charge is 0.358 e. The topological polar surface area (TPSA) is 78.8 Å². The monoisotopic (exact) mass is 1220 g/mol. The number of anilines is 1. The summed E-state index contributed by atoms with van der Waals surface area (Å²) in [6.07, 6.45) is 0.908. The molecule has 4 rings (SSSR count). The number of aromatic amines is 1. The second-order valence-corrected chi connectivity index (χ2v) is 21.2. The maximum Gasteiger partial charge on any atom is 0.201 e. The minimum atomic E-state index is 0. The summed E-state index contributed by atoms with van der Waals surface area (Å²) >= 11 is 22.1. The molecule has 1 aliphatic rings. The third kappa shape index (κ3) is 24.9. The van der Waals surface area contributed by atoms with Crippen LogP contribution in [-0.4, -0.2) is 24.4 Å². The van der Waals surface area contributed by atoms with E-state index in [1.807, 2.05) is 36.4 Å². The standard InChI is InChI=1S/C8H7NS.C7H5ClN2.CHI3.CH2I2.CH6N2.2CH3.2Y/c10-8-5-6-3-1-2-4-7(6)9-8;8-7-9-5-3-1-2-4-6(5)10-7;2-1(3)4;2-1-3;1-3-2;;;;/h1-4H,5H2,(H,9,10);1-4H,(H,9,10);1H;1H2;3H,2H2,1H3;2*1H3;;/q;;;;;2*-1;;. The van der Waals surface area contributed by atoms with Crippen molar-refractivity contribution in [1.29, 1.82) is 0 Å². The molecule has 0 unspecified atom stereocenters. The number of nitrogens with zero attached hydrogens (tertiary/aromatic N) is 1. The first kappa shape index (κ1) is 47.6. The van der Waals surface area contributed by atoms with Gasteiger partial charge in [-0.25, -0.2) is 4.98 Å². The van der Waals surface area contributed by atoms with E-state index in [0.717, 1.165) is 22.4 Å². The van der Waals surface area contributed by atoms with Gasteiger partial charge in [0.25, 0.3) is 0 Å². The van der Waals surface area contributed by atoms with Gasteiger partial charge in [0.05, 0.1) is 18.5 Å². The van der Waals surface area contributed by atoms with Crippen LogP contribution in [0.3, 0.4) is 0 Å². The average molecular weight is 1220 g/mol. The number of imidazole rings is 1. The van der Waals surface area contributed by atoms with Crippen molar-refractivity contribution in [2.75, 3.05) is 14.8 Å². The average Bonchev–Trinajstić information content (AvgIpc) is 3.23. The van der Waals surface area contributed by atoms with E-state index in [1.54, 1.807) is 7.05 Å². The molecule has 0 saturated heterocycles. The van der Waals surface area contributed by atoms with Gasteiger partial charge in [0.2, 0.25) is 5.28 Å². The number of H-pyrrole nitrogens is 1. The van der Waals surface area contributed by atoms with Gasteiger partial charge >= 0.3 is 0 Å². The second kappa shape index (κ2) is 31.4. The van der Waals surface area contributed by atoms with Crippen LogP contribution in [0.1, 0.15) is 5.56 Å². The van der Waals surface area contributed by atoms with E-state index in [-0.39, 0.29) is 80.3 Å². The van der Waals surface area contributed by atoms with Crippen LogP contribution in [0.4, 0.5) is 5.69 Å². The second-order valence-electron chi connectivity index (χ2n) is 5.06. The van der Waals surface area contributed by atoms with Gasteiger partial charge < -0.3 is 25.2 Å². The van der Waals surface area contributed by atoms with Gasteiger partial charge in [0.15, 0.2) is 0 Å². The van der Waals surface area contributed by atoms with E-state index in [2.05, 4.69) is 152 Å². The number of alkyl halides is 5. The zero-order chi connectivity index (χ0) is 22.9. The number of para-hydroxylation sites is 3. The number of hydrogen-bond donors (Lipinski definition) is 4. The first-order chi connectivity index (χ1) is 14.3. The normalized spacial score (nSPS) is 9.50. The van der Waals surface area contributed by atoms with Crippen molar-refractivity contribution in [3.8, 4) is 0 Å². The molecule has 0 bridgehead atoms. The van der Waals surface area contributed by atoms with Gasteiger partial charge in [-0.15, -0.1) is 0 Å². The van der Waals surface area contributed by atoms with Gasteiger partial charge in [0.1, 0.15) is -0.0619 Å². The zero-order valence-corrected chi connectivity index (χ0v) is 37.0.